The predicted molar refractivity (Wildman–Crippen MR) is 89.5 cm³/mol. The van der Waals surface area contributed by atoms with Crippen molar-refractivity contribution in [3.63, 3.8) is 0 Å². The van der Waals surface area contributed by atoms with Gasteiger partial charge in [-0.2, -0.15) is 5.10 Å². The number of imide groups is 1. The molecule has 2 aromatic carbocycles. The first kappa shape index (κ1) is 15.7. The van der Waals surface area contributed by atoms with E-state index < -0.39 is 17.5 Å². The number of phenolic OH excluding ortho intramolecular Hbond substituents is 1. The number of carbonyl (C=O) groups excluding carboxylic acids is 2. The second kappa shape index (κ2) is 6.16. The number of rotatable bonds is 4. The minimum absolute atomic E-state index is 0.0260. The van der Waals surface area contributed by atoms with E-state index in [-0.39, 0.29) is 5.75 Å². The van der Waals surface area contributed by atoms with E-state index in [0.29, 0.717) is 17.5 Å². The number of benzene rings is 2. The molecule has 0 aromatic heterocycles. The molecule has 24 heavy (non-hydrogen) atoms. The summed E-state index contributed by atoms with van der Waals surface area (Å²) in [5.41, 5.74) is 0.0203. The highest BCUT2D eigenvalue weighted by Crippen LogP contribution is 2.32. The molecule has 2 N–H and O–H groups in total. The summed E-state index contributed by atoms with van der Waals surface area (Å²) in [6.07, 6.45) is 1.70. The van der Waals surface area contributed by atoms with Crippen molar-refractivity contribution in [1.29, 1.82) is 0 Å². The van der Waals surface area contributed by atoms with Crippen LogP contribution in [0.15, 0.2) is 59.7 Å². The zero-order valence-electron chi connectivity index (χ0n) is 13.1. The summed E-state index contributed by atoms with van der Waals surface area (Å²) in [6, 6.07) is 15.1. The molecular weight excluding hydrogens is 306 g/mol. The van der Waals surface area contributed by atoms with Crippen molar-refractivity contribution in [2.75, 3.05) is 0 Å². The van der Waals surface area contributed by atoms with Crippen LogP contribution in [0.1, 0.15) is 24.5 Å². The minimum atomic E-state index is -1.12. The highest BCUT2D eigenvalue weighted by molar-refractivity contribution is 6.07. The molecule has 0 aliphatic carbocycles. The van der Waals surface area contributed by atoms with Gasteiger partial charge in [-0.05, 0) is 24.1 Å². The standard InChI is InChI=1S/C18H17N3O3/c1-2-18(14-9-4-3-5-10-14)16(23)21(17(24)20-18)19-12-13-8-6-7-11-15(13)22/h3-12,22H,2H2,1H3,(H,20,24)/b19-12+/t18-/m1/s1. The Balaban J connectivity index is 1.93. The average Bonchev–Trinajstić information content (AvgIpc) is 2.86. The summed E-state index contributed by atoms with van der Waals surface area (Å²) in [6.45, 7) is 1.83. The average molecular weight is 323 g/mol. The van der Waals surface area contributed by atoms with E-state index in [1.807, 2.05) is 25.1 Å². The van der Waals surface area contributed by atoms with E-state index in [1.165, 1.54) is 12.3 Å². The lowest BCUT2D eigenvalue weighted by atomic mass is 9.87. The predicted octanol–water partition coefficient (Wildman–Crippen LogP) is 2.58. The lowest BCUT2D eigenvalue weighted by Gasteiger charge is -2.24. The molecule has 1 aliphatic heterocycles. The lowest BCUT2D eigenvalue weighted by molar-refractivity contribution is -0.131. The molecule has 6 heteroatoms. The maximum Gasteiger partial charge on any atom is 0.346 e. The van der Waals surface area contributed by atoms with Crippen molar-refractivity contribution in [3.05, 3.63) is 65.7 Å². The minimum Gasteiger partial charge on any atom is -0.507 e. The molecule has 6 nitrogen and oxygen atoms in total. The molecule has 1 fully saturated rings. The van der Waals surface area contributed by atoms with Gasteiger partial charge in [0, 0.05) is 5.56 Å². The monoisotopic (exact) mass is 323 g/mol. The second-order valence-electron chi connectivity index (χ2n) is 5.48. The summed E-state index contributed by atoms with van der Waals surface area (Å²) in [5, 5.41) is 17.3. The molecule has 1 saturated heterocycles. The summed E-state index contributed by atoms with van der Waals surface area (Å²) in [5.74, 6) is -0.411. The van der Waals surface area contributed by atoms with E-state index in [1.54, 1.807) is 30.3 Å². The van der Waals surface area contributed by atoms with Gasteiger partial charge in [0.25, 0.3) is 5.91 Å². The Kier molecular flexibility index (Phi) is 4.04. The molecule has 0 saturated carbocycles. The van der Waals surface area contributed by atoms with Gasteiger partial charge in [0.1, 0.15) is 11.3 Å². The fraction of sp³-hybridized carbons (Fsp3) is 0.167. The third kappa shape index (κ3) is 2.52. The Hall–Kier alpha value is -3.15. The number of nitrogens with zero attached hydrogens (tertiary/aromatic N) is 2. The quantitative estimate of drug-likeness (QED) is 0.670. The second-order valence-corrected chi connectivity index (χ2v) is 5.48. The maximum atomic E-state index is 12.8. The van der Waals surface area contributed by atoms with Gasteiger partial charge in [0.15, 0.2) is 0 Å². The SMILES string of the molecule is CC[C@]1(c2ccccc2)NC(=O)N(/N=C/c2ccccc2O)C1=O. The van der Waals surface area contributed by atoms with Crippen molar-refractivity contribution in [1.82, 2.24) is 10.3 Å². The van der Waals surface area contributed by atoms with Crippen molar-refractivity contribution in [2.24, 2.45) is 5.10 Å². The van der Waals surface area contributed by atoms with Crippen LogP contribution in [0, 0.1) is 0 Å². The first-order chi connectivity index (χ1) is 11.6. The number of urea groups is 1. The van der Waals surface area contributed by atoms with Gasteiger partial charge in [-0.1, -0.05) is 49.4 Å². The van der Waals surface area contributed by atoms with Crippen molar-refractivity contribution < 1.29 is 14.7 Å². The van der Waals surface area contributed by atoms with Gasteiger partial charge in [-0.15, -0.1) is 5.01 Å². The number of phenols is 1. The zero-order chi connectivity index (χ0) is 17.2. The first-order valence-corrected chi connectivity index (χ1v) is 7.62. The Bertz CT molecular complexity index is 804. The van der Waals surface area contributed by atoms with Crippen LogP contribution in [0.4, 0.5) is 4.79 Å². The maximum absolute atomic E-state index is 12.8. The van der Waals surface area contributed by atoms with Crippen LogP contribution in [0.5, 0.6) is 5.75 Å². The normalized spacial score (nSPS) is 20.6. The van der Waals surface area contributed by atoms with Gasteiger partial charge < -0.3 is 10.4 Å². The number of hydrazone groups is 1. The van der Waals surface area contributed by atoms with Gasteiger partial charge >= 0.3 is 6.03 Å². The van der Waals surface area contributed by atoms with Crippen LogP contribution in [-0.4, -0.2) is 28.3 Å². The van der Waals surface area contributed by atoms with Gasteiger partial charge in [-0.3, -0.25) is 4.79 Å². The third-order valence-corrected chi connectivity index (χ3v) is 4.12. The lowest BCUT2D eigenvalue weighted by Crippen LogP contribution is -2.43. The molecule has 0 spiro atoms. The van der Waals surface area contributed by atoms with Crippen molar-refractivity contribution >= 4 is 18.2 Å². The Morgan fingerprint density at radius 3 is 2.46 bits per heavy atom. The molecule has 3 amide bonds. The van der Waals surface area contributed by atoms with Gasteiger partial charge in [0.05, 0.1) is 6.21 Å². The van der Waals surface area contributed by atoms with Gasteiger partial charge in [0.2, 0.25) is 0 Å². The van der Waals surface area contributed by atoms with Gasteiger partial charge in [-0.25, -0.2) is 4.79 Å². The summed E-state index contributed by atoms with van der Waals surface area (Å²) >= 11 is 0. The summed E-state index contributed by atoms with van der Waals surface area (Å²) < 4.78 is 0. The molecule has 0 unspecified atom stereocenters. The molecular formula is C18H17N3O3. The summed E-state index contributed by atoms with van der Waals surface area (Å²) in [7, 11) is 0. The highest BCUT2D eigenvalue weighted by atomic mass is 16.3. The van der Waals surface area contributed by atoms with Crippen LogP contribution in [-0.2, 0) is 10.3 Å². The fourth-order valence-electron chi connectivity index (χ4n) is 2.75. The Morgan fingerprint density at radius 2 is 1.79 bits per heavy atom. The Labute approximate surface area is 139 Å². The summed E-state index contributed by atoms with van der Waals surface area (Å²) in [4.78, 5) is 25.1. The fourth-order valence-corrected chi connectivity index (χ4v) is 2.75. The first-order valence-electron chi connectivity index (χ1n) is 7.62. The molecule has 1 heterocycles. The van der Waals surface area contributed by atoms with Crippen LogP contribution >= 0.6 is 0 Å². The van der Waals surface area contributed by atoms with E-state index in [4.69, 9.17) is 0 Å². The number of aromatic hydroxyl groups is 1. The number of para-hydroxylation sites is 1. The molecule has 0 radical (unpaired) electrons. The number of amides is 3. The zero-order valence-corrected chi connectivity index (χ0v) is 13.1. The smallest absolute Gasteiger partial charge is 0.346 e. The number of hydrogen-bond acceptors (Lipinski definition) is 4. The van der Waals surface area contributed by atoms with Crippen molar-refractivity contribution in [3.8, 4) is 5.75 Å². The van der Waals surface area contributed by atoms with E-state index in [9.17, 15) is 14.7 Å². The van der Waals surface area contributed by atoms with Crippen LogP contribution in [0.2, 0.25) is 0 Å². The largest absolute Gasteiger partial charge is 0.507 e. The third-order valence-electron chi connectivity index (χ3n) is 4.12. The highest BCUT2D eigenvalue weighted by Gasteiger charge is 2.51. The molecule has 2 aromatic rings. The van der Waals surface area contributed by atoms with E-state index >= 15 is 0 Å². The van der Waals surface area contributed by atoms with E-state index in [0.717, 1.165) is 5.01 Å². The molecule has 3 rings (SSSR count). The van der Waals surface area contributed by atoms with Crippen LogP contribution in [0.3, 0.4) is 0 Å². The Morgan fingerprint density at radius 1 is 1.12 bits per heavy atom. The molecule has 1 aliphatic rings. The van der Waals surface area contributed by atoms with Crippen LogP contribution < -0.4 is 5.32 Å². The van der Waals surface area contributed by atoms with Crippen LogP contribution in [0.25, 0.3) is 0 Å². The number of carbonyl (C=O) groups is 2. The number of hydrogen-bond donors (Lipinski definition) is 2. The molecule has 122 valence electrons. The molecule has 0 bridgehead atoms. The molecule has 1 atom stereocenters. The number of nitrogens with one attached hydrogen (secondary N) is 1. The van der Waals surface area contributed by atoms with Crippen molar-refractivity contribution in [2.45, 2.75) is 18.9 Å². The topological polar surface area (TPSA) is 82.0 Å². The van der Waals surface area contributed by atoms with E-state index in [2.05, 4.69) is 10.4 Å².